The number of hydrogen-bond acceptors (Lipinski definition) is 2. The first-order valence-corrected chi connectivity index (χ1v) is 15.4. The topological polar surface area (TPSA) is 25.2 Å². The minimum absolute atomic E-state index is 0.793. The van der Waals surface area contributed by atoms with Gasteiger partial charge in [0.25, 0.3) is 0 Å². The minimum atomic E-state index is 0.793. The highest BCUT2D eigenvalue weighted by Crippen LogP contribution is 2.45. The van der Waals surface area contributed by atoms with Crippen LogP contribution in [0.15, 0.2) is 145 Å². The number of aliphatic imine (C=N–C) groups is 1. The lowest BCUT2D eigenvalue weighted by Crippen LogP contribution is -1.93. The molecular weight excluding hydrogens is 532 g/mol. The molecule has 0 aliphatic carbocycles. The smallest absolute Gasteiger partial charge is 0.0667 e. The number of aryl methyl sites for hydroxylation is 1. The number of hydrogen-bond donors (Lipinski definition) is 0. The van der Waals surface area contributed by atoms with E-state index in [1.54, 1.807) is 0 Å². The number of allylic oxidation sites excluding steroid dienone is 1. The lowest BCUT2D eigenvalue weighted by Gasteiger charge is -2.19. The Kier molecular flexibility index (Phi) is 7.56. The van der Waals surface area contributed by atoms with E-state index in [9.17, 15) is 0 Å². The molecule has 2 heteroatoms. The van der Waals surface area contributed by atoms with Crippen molar-refractivity contribution in [2.75, 3.05) is 0 Å². The number of nitrogens with zero attached hydrogens (tertiary/aromatic N) is 2. The zero-order valence-electron chi connectivity index (χ0n) is 25.2. The van der Waals surface area contributed by atoms with Crippen molar-refractivity contribution < 1.29 is 0 Å². The second kappa shape index (κ2) is 12.1. The predicted molar refractivity (Wildman–Crippen MR) is 189 cm³/mol. The SMILES string of the molecule is C/C=N\C(=C/Cc1ccncc1)c1cccc2c(-c3c4ccccc4c(-c4ccc(CC)cc4)c4ccccc34)cccc12. The van der Waals surface area contributed by atoms with E-state index in [4.69, 9.17) is 4.99 Å². The number of fused-ring (bicyclic) bond motifs is 3. The Labute approximate surface area is 259 Å². The van der Waals surface area contributed by atoms with Crippen LogP contribution in [0.3, 0.4) is 0 Å². The van der Waals surface area contributed by atoms with E-state index in [1.165, 1.54) is 65.7 Å². The zero-order valence-corrected chi connectivity index (χ0v) is 25.2. The highest BCUT2D eigenvalue weighted by molar-refractivity contribution is 6.23. The average Bonchev–Trinajstić information content (AvgIpc) is 3.09. The highest BCUT2D eigenvalue weighted by Gasteiger charge is 2.18. The number of aromatic nitrogens is 1. The summed E-state index contributed by atoms with van der Waals surface area (Å²) in [5.41, 5.74) is 9.74. The Morgan fingerprint density at radius 1 is 0.591 bits per heavy atom. The summed E-state index contributed by atoms with van der Waals surface area (Å²) in [6.07, 6.45) is 9.62. The molecule has 0 unspecified atom stereocenters. The monoisotopic (exact) mass is 566 g/mol. The molecule has 6 aromatic carbocycles. The Hall–Kier alpha value is -5.34. The second-order valence-electron chi connectivity index (χ2n) is 11.1. The number of benzene rings is 6. The van der Waals surface area contributed by atoms with Gasteiger partial charge in [-0.3, -0.25) is 9.98 Å². The summed E-state index contributed by atoms with van der Waals surface area (Å²) < 4.78 is 0. The van der Waals surface area contributed by atoms with E-state index in [0.29, 0.717) is 0 Å². The molecule has 0 atom stereocenters. The summed E-state index contributed by atoms with van der Waals surface area (Å²) in [4.78, 5) is 9.01. The molecule has 1 aromatic heterocycles. The summed E-state index contributed by atoms with van der Waals surface area (Å²) in [5.74, 6) is 0. The van der Waals surface area contributed by atoms with Gasteiger partial charge in [0.2, 0.25) is 0 Å². The molecule has 0 aliphatic heterocycles. The van der Waals surface area contributed by atoms with Crippen molar-refractivity contribution in [2.24, 2.45) is 4.99 Å². The maximum Gasteiger partial charge on any atom is 0.0667 e. The van der Waals surface area contributed by atoms with Crippen molar-refractivity contribution >= 4 is 44.2 Å². The van der Waals surface area contributed by atoms with Crippen LogP contribution < -0.4 is 0 Å². The predicted octanol–water partition coefficient (Wildman–Crippen LogP) is 11.1. The van der Waals surface area contributed by atoms with Gasteiger partial charge in [0.15, 0.2) is 0 Å². The zero-order chi connectivity index (χ0) is 29.9. The lowest BCUT2D eigenvalue weighted by molar-refractivity contribution is 1.14. The molecule has 0 amide bonds. The van der Waals surface area contributed by atoms with E-state index in [-0.39, 0.29) is 0 Å². The Balaban J connectivity index is 1.48. The van der Waals surface area contributed by atoms with Gasteiger partial charge in [-0.1, -0.05) is 122 Å². The van der Waals surface area contributed by atoms with Crippen molar-refractivity contribution in [1.82, 2.24) is 4.98 Å². The van der Waals surface area contributed by atoms with E-state index < -0.39 is 0 Å². The maximum atomic E-state index is 4.84. The molecule has 7 aromatic rings. The molecule has 7 rings (SSSR count). The van der Waals surface area contributed by atoms with Gasteiger partial charge in [0, 0.05) is 24.2 Å². The van der Waals surface area contributed by atoms with Gasteiger partial charge in [-0.05, 0) is 97.6 Å². The van der Waals surface area contributed by atoms with Crippen LogP contribution in [0, 0.1) is 0 Å². The molecule has 0 fully saturated rings. The average molecular weight is 567 g/mol. The van der Waals surface area contributed by atoms with Gasteiger partial charge >= 0.3 is 0 Å². The fraction of sp³-hybridized carbons (Fsp3) is 0.0952. The van der Waals surface area contributed by atoms with Crippen LogP contribution in [0.4, 0.5) is 0 Å². The van der Waals surface area contributed by atoms with Crippen molar-refractivity contribution in [2.45, 2.75) is 26.7 Å². The first-order chi connectivity index (χ1) is 21.8. The van der Waals surface area contributed by atoms with Gasteiger partial charge in [-0.25, -0.2) is 0 Å². The Morgan fingerprint density at radius 3 is 1.82 bits per heavy atom. The molecule has 212 valence electrons. The van der Waals surface area contributed by atoms with E-state index in [1.807, 2.05) is 25.5 Å². The summed E-state index contributed by atoms with van der Waals surface area (Å²) >= 11 is 0. The van der Waals surface area contributed by atoms with Gasteiger partial charge in [0.1, 0.15) is 0 Å². The van der Waals surface area contributed by atoms with E-state index in [0.717, 1.165) is 24.1 Å². The van der Waals surface area contributed by atoms with Crippen molar-refractivity contribution in [3.63, 3.8) is 0 Å². The Morgan fingerprint density at radius 2 is 1.18 bits per heavy atom. The van der Waals surface area contributed by atoms with Crippen molar-refractivity contribution in [3.8, 4) is 22.3 Å². The Bertz CT molecular complexity index is 2110. The maximum absolute atomic E-state index is 4.84. The molecule has 0 radical (unpaired) electrons. The fourth-order valence-electron chi connectivity index (χ4n) is 6.49. The third-order valence-electron chi connectivity index (χ3n) is 8.60. The van der Waals surface area contributed by atoms with Crippen LogP contribution in [0.2, 0.25) is 0 Å². The van der Waals surface area contributed by atoms with E-state index in [2.05, 4.69) is 139 Å². The molecule has 0 spiro atoms. The summed E-state index contributed by atoms with van der Waals surface area (Å²) in [6.45, 7) is 4.19. The second-order valence-corrected chi connectivity index (χ2v) is 11.1. The largest absolute Gasteiger partial charge is 0.265 e. The first kappa shape index (κ1) is 27.5. The normalized spacial score (nSPS) is 12.1. The van der Waals surface area contributed by atoms with Crippen LogP contribution in [-0.2, 0) is 12.8 Å². The van der Waals surface area contributed by atoms with Gasteiger partial charge in [0.05, 0.1) is 5.70 Å². The first-order valence-electron chi connectivity index (χ1n) is 15.4. The van der Waals surface area contributed by atoms with Crippen molar-refractivity contribution in [1.29, 1.82) is 0 Å². The van der Waals surface area contributed by atoms with Crippen LogP contribution in [0.1, 0.15) is 30.5 Å². The molecule has 0 N–H and O–H groups in total. The van der Waals surface area contributed by atoms with Crippen LogP contribution in [-0.4, -0.2) is 11.2 Å². The quantitative estimate of drug-likeness (QED) is 0.139. The third-order valence-corrected chi connectivity index (χ3v) is 8.60. The molecule has 0 aliphatic rings. The van der Waals surface area contributed by atoms with Gasteiger partial charge in [-0.15, -0.1) is 0 Å². The number of pyridine rings is 1. The third kappa shape index (κ3) is 4.99. The molecular formula is C42H34N2. The molecule has 0 saturated heterocycles. The van der Waals surface area contributed by atoms with Crippen LogP contribution in [0.5, 0.6) is 0 Å². The lowest BCUT2D eigenvalue weighted by atomic mass is 9.84. The van der Waals surface area contributed by atoms with Gasteiger partial charge in [-0.2, -0.15) is 0 Å². The fourth-order valence-corrected chi connectivity index (χ4v) is 6.49. The summed E-state index contributed by atoms with van der Waals surface area (Å²) in [6, 6.07) is 44.3. The molecule has 0 bridgehead atoms. The van der Waals surface area contributed by atoms with Crippen molar-refractivity contribution in [3.05, 3.63) is 156 Å². The standard InChI is InChI=1S/C42H34N2/c1-3-29-19-22-31(23-20-29)41-36-11-5-7-13-38(36)42(39-14-8-6-12-37(39)41)35-18-10-15-32-33(35)16-9-17-34(32)40(44-4-2)24-21-30-25-27-43-28-26-30/h4-20,22-28H,3,21H2,1-2H3/b40-24-,44-4-. The van der Waals surface area contributed by atoms with Gasteiger partial charge < -0.3 is 0 Å². The molecule has 0 saturated carbocycles. The minimum Gasteiger partial charge on any atom is -0.265 e. The highest BCUT2D eigenvalue weighted by atomic mass is 14.7. The van der Waals surface area contributed by atoms with Crippen LogP contribution in [0.25, 0.3) is 60.3 Å². The summed E-state index contributed by atoms with van der Waals surface area (Å²) in [5, 5.41) is 7.49. The van der Waals surface area contributed by atoms with E-state index >= 15 is 0 Å². The number of rotatable bonds is 7. The molecule has 44 heavy (non-hydrogen) atoms. The molecule has 1 heterocycles. The summed E-state index contributed by atoms with van der Waals surface area (Å²) in [7, 11) is 0. The molecule has 2 nitrogen and oxygen atoms in total. The van der Waals surface area contributed by atoms with Crippen LogP contribution >= 0.6 is 0 Å².